The molecule has 0 radical (unpaired) electrons. The van der Waals surface area contributed by atoms with Crippen molar-refractivity contribution in [1.29, 1.82) is 0 Å². The van der Waals surface area contributed by atoms with Crippen LogP contribution in [0.4, 0.5) is 9.59 Å². The first kappa shape index (κ1) is 18.9. The molecule has 0 saturated heterocycles. The molecule has 2 aromatic carbocycles. The highest BCUT2D eigenvalue weighted by Crippen LogP contribution is 1.98. The zero-order chi connectivity index (χ0) is 18.5. The van der Waals surface area contributed by atoms with Gasteiger partial charge in [-0.1, -0.05) is 72.5 Å². The third-order valence-electron chi connectivity index (χ3n) is 3.24. The molecule has 0 saturated carbocycles. The maximum Gasteiger partial charge on any atom is 0.408 e. The van der Waals surface area contributed by atoms with E-state index in [0.29, 0.717) is 13.1 Å². The van der Waals surface area contributed by atoms with Crippen LogP contribution in [-0.2, 0) is 22.6 Å². The molecule has 0 aliphatic carbocycles. The van der Waals surface area contributed by atoms with E-state index in [9.17, 15) is 9.59 Å². The van der Waals surface area contributed by atoms with Crippen molar-refractivity contribution in [1.82, 2.24) is 10.6 Å². The van der Waals surface area contributed by atoms with Gasteiger partial charge in [-0.15, -0.1) is 0 Å². The minimum Gasteiger partial charge on any atom is -0.436 e. The quantitative estimate of drug-likeness (QED) is 0.784. The monoisotopic (exact) mass is 352 g/mol. The SMILES string of the molecule is O=C(NCc1ccccc1)OCC#CCOC(=O)NCc1ccccc1. The van der Waals surface area contributed by atoms with Crippen molar-refractivity contribution in [2.24, 2.45) is 0 Å². The number of hydrogen-bond donors (Lipinski definition) is 2. The van der Waals surface area contributed by atoms with Crippen molar-refractivity contribution in [3.63, 3.8) is 0 Å². The van der Waals surface area contributed by atoms with E-state index >= 15 is 0 Å². The smallest absolute Gasteiger partial charge is 0.408 e. The lowest BCUT2D eigenvalue weighted by atomic mass is 10.2. The van der Waals surface area contributed by atoms with Crippen molar-refractivity contribution in [3.8, 4) is 11.8 Å². The van der Waals surface area contributed by atoms with Gasteiger partial charge in [-0.2, -0.15) is 0 Å². The number of rotatable bonds is 6. The molecule has 0 aliphatic rings. The Morgan fingerprint density at radius 1 is 0.692 bits per heavy atom. The van der Waals surface area contributed by atoms with Crippen molar-refractivity contribution in [3.05, 3.63) is 71.8 Å². The Morgan fingerprint density at radius 3 is 1.46 bits per heavy atom. The normalized spacial score (nSPS) is 9.38. The van der Waals surface area contributed by atoms with Crippen LogP contribution in [-0.4, -0.2) is 25.4 Å². The van der Waals surface area contributed by atoms with Crippen molar-refractivity contribution < 1.29 is 19.1 Å². The number of alkyl carbamates (subject to hydrolysis) is 2. The van der Waals surface area contributed by atoms with Crippen molar-refractivity contribution >= 4 is 12.2 Å². The van der Waals surface area contributed by atoms with E-state index in [1.807, 2.05) is 60.7 Å². The Morgan fingerprint density at radius 2 is 1.08 bits per heavy atom. The van der Waals surface area contributed by atoms with E-state index in [4.69, 9.17) is 9.47 Å². The van der Waals surface area contributed by atoms with Gasteiger partial charge in [0, 0.05) is 13.1 Å². The molecule has 0 fully saturated rings. The molecular formula is C20H20N2O4. The van der Waals surface area contributed by atoms with Crippen LogP contribution in [0, 0.1) is 11.8 Å². The lowest BCUT2D eigenvalue weighted by Crippen LogP contribution is -2.24. The molecule has 0 aromatic heterocycles. The molecule has 0 spiro atoms. The fourth-order valence-electron chi connectivity index (χ4n) is 1.95. The fraction of sp³-hybridized carbons (Fsp3) is 0.200. The highest BCUT2D eigenvalue weighted by atomic mass is 16.6. The molecule has 0 aliphatic heterocycles. The van der Waals surface area contributed by atoms with E-state index in [1.54, 1.807) is 0 Å². The van der Waals surface area contributed by atoms with Crippen LogP contribution < -0.4 is 10.6 Å². The average molecular weight is 352 g/mol. The van der Waals surface area contributed by atoms with Gasteiger partial charge in [-0.3, -0.25) is 0 Å². The van der Waals surface area contributed by atoms with Gasteiger partial charge >= 0.3 is 12.2 Å². The third-order valence-corrected chi connectivity index (χ3v) is 3.24. The van der Waals surface area contributed by atoms with Crippen LogP contribution in [0.1, 0.15) is 11.1 Å². The van der Waals surface area contributed by atoms with Crippen LogP contribution in [0.3, 0.4) is 0 Å². The van der Waals surface area contributed by atoms with Crippen LogP contribution >= 0.6 is 0 Å². The molecule has 0 heterocycles. The molecule has 2 N–H and O–H groups in total. The molecule has 134 valence electrons. The number of amides is 2. The first-order chi connectivity index (χ1) is 12.7. The summed E-state index contributed by atoms with van der Waals surface area (Å²) >= 11 is 0. The second kappa shape index (κ2) is 11.2. The fourth-order valence-corrected chi connectivity index (χ4v) is 1.95. The molecular weight excluding hydrogens is 332 g/mol. The zero-order valence-corrected chi connectivity index (χ0v) is 14.2. The molecule has 6 nitrogen and oxygen atoms in total. The number of nitrogens with one attached hydrogen (secondary N) is 2. The minimum absolute atomic E-state index is 0.0738. The maximum absolute atomic E-state index is 11.5. The molecule has 6 heteroatoms. The Labute approximate surface area is 152 Å². The molecule has 0 bridgehead atoms. The molecule has 2 rings (SSSR count). The zero-order valence-electron chi connectivity index (χ0n) is 14.2. The van der Waals surface area contributed by atoms with Gasteiger partial charge in [0.1, 0.15) is 0 Å². The van der Waals surface area contributed by atoms with Crippen LogP contribution in [0.2, 0.25) is 0 Å². The summed E-state index contributed by atoms with van der Waals surface area (Å²) in [6, 6.07) is 19.0. The average Bonchev–Trinajstić information content (AvgIpc) is 2.69. The summed E-state index contributed by atoms with van der Waals surface area (Å²) in [5.41, 5.74) is 1.95. The van der Waals surface area contributed by atoms with Crippen LogP contribution in [0.25, 0.3) is 0 Å². The minimum atomic E-state index is -0.551. The topological polar surface area (TPSA) is 76.7 Å². The number of ether oxygens (including phenoxy) is 2. The Bertz CT molecular complexity index is 688. The summed E-state index contributed by atoms with van der Waals surface area (Å²) in [4.78, 5) is 23.0. The standard InChI is InChI=1S/C20H20N2O4/c23-19(21-15-17-9-3-1-4-10-17)25-13-7-8-14-26-20(24)22-16-18-11-5-2-6-12-18/h1-6,9-12H,13-16H2,(H,21,23)(H,22,24). The summed E-state index contributed by atoms with van der Waals surface area (Å²) < 4.78 is 9.79. The first-order valence-corrected chi connectivity index (χ1v) is 8.09. The van der Waals surface area contributed by atoms with Crippen molar-refractivity contribution in [2.75, 3.05) is 13.2 Å². The van der Waals surface area contributed by atoms with Crippen LogP contribution in [0.5, 0.6) is 0 Å². The van der Waals surface area contributed by atoms with Gasteiger partial charge < -0.3 is 20.1 Å². The molecule has 26 heavy (non-hydrogen) atoms. The second-order valence-corrected chi connectivity index (χ2v) is 5.18. The number of carbonyl (C=O) groups is 2. The third kappa shape index (κ3) is 7.88. The van der Waals surface area contributed by atoms with Gasteiger partial charge in [0.25, 0.3) is 0 Å². The summed E-state index contributed by atoms with van der Waals surface area (Å²) in [6.07, 6.45) is -1.10. The number of hydrogen-bond acceptors (Lipinski definition) is 4. The van der Waals surface area contributed by atoms with Gasteiger partial charge in [-0.05, 0) is 11.1 Å². The summed E-state index contributed by atoms with van der Waals surface area (Å²) in [7, 11) is 0. The van der Waals surface area contributed by atoms with Gasteiger partial charge in [0.2, 0.25) is 0 Å². The molecule has 2 aromatic rings. The second-order valence-electron chi connectivity index (χ2n) is 5.18. The Hall–Kier alpha value is -3.46. The van der Waals surface area contributed by atoms with E-state index in [1.165, 1.54) is 0 Å². The number of carbonyl (C=O) groups excluding carboxylic acids is 2. The summed E-state index contributed by atoms with van der Waals surface area (Å²) in [6.45, 7) is 0.626. The van der Waals surface area contributed by atoms with Gasteiger partial charge in [0.15, 0.2) is 13.2 Å². The highest BCUT2D eigenvalue weighted by molar-refractivity contribution is 5.67. The van der Waals surface area contributed by atoms with E-state index < -0.39 is 12.2 Å². The Balaban J connectivity index is 1.53. The van der Waals surface area contributed by atoms with E-state index in [2.05, 4.69) is 22.5 Å². The maximum atomic E-state index is 11.5. The van der Waals surface area contributed by atoms with Gasteiger partial charge in [0.05, 0.1) is 0 Å². The highest BCUT2D eigenvalue weighted by Gasteiger charge is 2.01. The first-order valence-electron chi connectivity index (χ1n) is 8.09. The predicted octanol–water partition coefficient (Wildman–Crippen LogP) is 2.84. The van der Waals surface area contributed by atoms with E-state index in [0.717, 1.165) is 11.1 Å². The molecule has 0 atom stereocenters. The lowest BCUT2D eigenvalue weighted by Gasteiger charge is -2.05. The summed E-state index contributed by atoms with van der Waals surface area (Å²) in [5.74, 6) is 5.21. The predicted molar refractivity (Wildman–Crippen MR) is 97.0 cm³/mol. The van der Waals surface area contributed by atoms with Gasteiger partial charge in [-0.25, -0.2) is 9.59 Å². The lowest BCUT2D eigenvalue weighted by molar-refractivity contribution is 0.156. The summed E-state index contributed by atoms with van der Waals surface area (Å²) in [5, 5.41) is 5.23. The van der Waals surface area contributed by atoms with Crippen molar-refractivity contribution in [2.45, 2.75) is 13.1 Å². The largest absolute Gasteiger partial charge is 0.436 e. The number of benzene rings is 2. The van der Waals surface area contributed by atoms with E-state index in [-0.39, 0.29) is 13.2 Å². The molecule has 0 unspecified atom stereocenters. The molecule has 2 amide bonds. The Kier molecular flexibility index (Phi) is 8.10. The van der Waals surface area contributed by atoms with Crippen LogP contribution in [0.15, 0.2) is 60.7 Å².